The number of rotatable bonds is 17. The van der Waals surface area contributed by atoms with Crippen molar-refractivity contribution in [2.45, 2.75) is 105 Å². The summed E-state index contributed by atoms with van der Waals surface area (Å²) in [4.78, 5) is 0. The van der Waals surface area contributed by atoms with E-state index in [1.807, 2.05) is 0 Å². The van der Waals surface area contributed by atoms with Crippen LogP contribution in [0.3, 0.4) is 0 Å². The van der Waals surface area contributed by atoms with Crippen molar-refractivity contribution in [3.05, 3.63) is 45.6 Å². The molecule has 0 unspecified atom stereocenters. The minimum absolute atomic E-state index is 0.751. The average molecular weight is 493 g/mol. The number of hydrogen-bond acceptors (Lipinski definition) is 1. The molecule has 0 bridgehead atoms. The van der Waals surface area contributed by atoms with E-state index in [0.29, 0.717) is 0 Å². The number of hydrogen-bond donors (Lipinski definition) is 0. The van der Waals surface area contributed by atoms with Gasteiger partial charge in [-0.05, 0) is 6.92 Å². The van der Waals surface area contributed by atoms with E-state index in [4.69, 9.17) is 4.74 Å². The van der Waals surface area contributed by atoms with Gasteiger partial charge in [0.25, 0.3) is 0 Å². The SMILES string of the molecule is CCC[CH2][Sn](/[CH]=C/CCCCOCc1ccc(C)cc1)([CH2]CCC)[CH2]CCC. The number of allylic oxidation sites excluding steroid dienone is 1. The van der Waals surface area contributed by atoms with Crippen LogP contribution in [0.25, 0.3) is 0 Å². The van der Waals surface area contributed by atoms with Crippen LogP contribution in [0.15, 0.2) is 34.4 Å². The second-order valence-corrected chi connectivity index (χ2v) is 21.6. The van der Waals surface area contributed by atoms with Crippen LogP contribution in [0.5, 0.6) is 0 Å². The van der Waals surface area contributed by atoms with Crippen molar-refractivity contribution in [3.8, 4) is 0 Å². The molecule has 1 aromatic carbocycles. The molecule has 0 amide bonds. The van der Waals surface area contributed by atoms with Gasteiger partial charge in [0, 0.05) is 0 Å². The molecule has 0 atom stereocenters. The fourth-order valence-corrected chi connectivity index (χ4v) is 18.4. The van der Waals surface area contributed by atoms with Crippen LogP contribution in [-0.4, -0.2) is 25.0 Å². The Morgan fingerprint density at radius 1 is 0.786 bits per heavy atom. The molecule has 1 rings (SSSR count). The molecule has 0 aliphatic heterocycles. The van der Waals surface area contributed by atoms with Crippen LogP contribution < -0.4 is 0 Å². The molecule has 0 spiro atoms. The van der Waals surface area contributed by atoms with Gasteiger partial charge in [0.15, 0.2) is 0 Å². The Morgan fingerprint density at radius 2 is 1.36 bits per heavy atom. The predicted molar refractivity (Wildman–Crippen MR) is 129 cm³/mol. The van der Waals surface area contributed by atoms with Crippen LogP contribution in [0.4, 0.5) is 0 Å². The molecule has 0 heterocycles. The van der Waals surface area contributed by atoms with Crippen molar-refractivity contribution in [2.24, 2.45) is 0 Å². The van der Waals surface area contributed by atoms with E-state index in [1.54, 1.807) is 13.3 Å². The summed E-state index contributed by atoms with van der Waals surface area (Å²) in [5, 5.41) is 0. The summed E-state index contributed by atoms with van der Waals surface area (Å²) in [7, 11) is 0. The summed E-state index contributed by atoms with van der Waals surface area (Å²) in [6, 6.07) is 8.68. The van der Waals surface area contributed by atoms with E-state index in [2.05, 4.69) is 62.1 Å². The Bertz CT molecular complexity index is 484. The van der Waals surface area contributed by atoms with Crippen LogP contribution in [0.1, 0.15) is 89.7 Å². The van der Waals surface area contributed by atoms with E-state index >= 15 is 0 Å². The zero-order valence-electron chi connectivity index (χ0n) is 19.3. The van der Waals surface area contributed by atoms with E-state index in [9.17, 15) is 0 Å². The molecule has 0 aliphatic carbocycles. The molecule has 1 nitrogen and oxygen atoms in total. The maximum atomic E-state index is 5.86. The first-order chi connectivity index (χ1) is 13.7. The second-order valence-electron chi connectivity index (χ2n) is 8.61. The molecule has 0 N–H and O–H groups in total. The normalized spacial score (nSPS) is 12.1. The molecule has 0 fully saturated rings. The van der Waals surface area contributed by atoms with Gasteiger partial charge < -0.3 is 0 Å². The topological polar surface area (TPSA) is 9.23 Å². The monoisotopic (exact) mass is 494 g/mol. The summed E-state index contributed by atoms with van der Waals surface area (Å²) in [5.41, 5.74) is 2.60. The van der Waals surface area contributed by atoms with E-state index < -0.39 is 18.4 Å². The van der Waals surface area contributed by atoms with Crippen LogP contribution in [0, 0.1) is 6.92 Å². The minimum atomic E-state index is -2.04. The summed E-state index contributed by atoms with van der Waals surface area (Å²) in [6.07, 6.45) is 14.7. The van der Waals surface area contributed by atoms with Gasteiger partial charge in [-0.1, -0.05) is 0 Å². The van der Waals surface area contributed by atoms with Gasteiger partial charge in [0.1, 0.15) is 0 Å². The Morgan fingerprint density at radius 3 is 1.89 bits per heavy atom. The number of unbranched alkanes of at least 4 members (excludes halogenated alkanes) is 5. The van der Waals surface area contributed by atoms with E-state index in [-0.39, 0.29) is 0 Å². The molecular formula is C26H46OSn. The molecule has 0 saturated carbocycles. The van der Waals surface area contributed by atoms with E-state index in [0.717, 1.165) is 13.2 Å². The maximum absolute atomic E-state index is 5.86. The summed E-state index contributed by atoms with van der Waals surface area (Å²) in [6.45, 7) is 10.8. The summed E-state index contributed by atoms with van der Waals surface area (Å²) in [5.74, 6) is 0. The first kappa shape index (κ1) is 25.8. The fourth-order valence-electron chi connectivity index (χ4n) is 3.89. The van der Waals surface area contributed by atoms with Crippen LogP contribution >= 0.6 is 0 Å². The molecule has 0 aromatic heterocycles. The number of benzene rings is 1. The number of ether oxygens (including phenoxy) is 1. The fraction of sp³-hybridized carbons (Fsp3) is 0.692. The van der Waals surface area contributed by atoms with Gasteiger partial charge in [-0.25, -0.2) is 0 Å². The molecule has 160 valence electrons. The standard InChI is InChI=1S/C14H19O.3C4H9.Sn/c1-3-4-5-6-11-15-12-14-9-7-13(2)8-10-14;3*1-3-4-2;/h1,3,7-10H,4-6,11-12H2,2H3;3*1,3-4H2,2H3;. The van der Waals surface area contributed by atoms with Gasteiger partial charge in [0.2, 0.25) is 0 Å². The Hall–Kier alpha value is -0.281. The van der Waals surface area contributed by atoms with Gasteiger partial charge in [0.05, 0.1) is 0 Å². The second kappa shape index (κ2) is 16.5. The quantitative estimate of drug-likeness (QED) is 0.156. The zero-order valence-corrected chi connectivity index (χ0v) is 22.1. The van der Waals surface area contributed by atoms with Gasteiger partial charge in [-0.3, -0.25) is 0 Å². The van der Waals surface area contributed by atoms with Crippen molar-refractivity contribution in [3.63, 3.8) is 0 Å². The molecule has 28 heavy (non-hydrogen) atoms. The van der Waals surface area contributed by atoms with Gasteiger partial charge in [-0.15, -0.1) is 0 Å². The molecule has 1 aromatic rings. The van der Waals surface area contributed by atoms with Gasteiger partial charge >= 0.3 is 174 Å². The predicted octanol–water partition coefficient (Wildman–Crippen LogP) is 8.63. The molecule has 0 aliphatic rings. The summed E-state index contributed by atoms with van der Waals surface area (Å²) < 4.78 is 13.4. The van der Waals surface area contributed by atoms with E-state index in [1.165, 1.54) is 68.9 Å². The number of aryl methyl sites for hydroxylation is 1. The first-order valence-electron chi connectivity index (χ1n) is 12.0. The van der Waals surface area contributed by atoms with Crippen molar-refractivity contribution < 1.29 is 4.74 Å². The third kappa shape index (κ3) is 11.7. The third-order valence-electron chi connectivity index (χ3n) is 5.85. The zero-order chi connectivity index (χ0) is 20.5. The Kier molecular flexibility index (Phi) is 15.2. The van der Waals surface area contributed by atoms with Crippen molar-refractivity contribution in [1.29, 1.82) is 0 Å². The molecular weight excluding hydrogens is 447 g/mol. The van der Waals surface area contributed by atoms with Crippen molar-refractivity contribution in [2.75, 3.05) is 6.61 Å². The van der Waals surface area contributed by atoms with Crippen molar-refractivity contribution >= 4 is 18.4 Å². The Balaban J connectivity index is 2.34. The third-order valence-corrected chi connectivity index (χ3v) is 20.1. The van der Waals surface area contributed by atoms with Crippen LogP contribution in [-0.2, 0) is 11.3 Å². The molecule has 0 saturated heterocycles. The summed E-state index contributed by atoms with van der Waals surface area (Å²) >= 11 is -2.04. The Labute approximate surface area is 180 Å². The van der Waals surface area contributed by atoms with Crippen molar-refractivity contribution in [1.82, 2.24) is 0 Å². The van der Waals surface area contributed by atoms with Gasteiger partial charge in [-0.2, -0.15) is 0 Å². The molecule has 0 radical (unpaired) electrons. The average Bonchev–Trinajstić information content (AvgIpc) is 2.72. The molecule has 2 heteroatoms. The first-order valence-corrected chi connectivity index (χ1v) is 19.7. The van der Waals surface area contributed by atoms with Crippen LogP contribution in [0.2, 0.25) is 13.3 Å².